The van der Waals surface area contributed by atoms with Crippen LogP contribution in [-0.2, 0) is 16.6 Å². The van der Waals surface area contributed by atoms with Gasteiger partial charge in [-0.2, -0.15) is 9.57 Å². The minimum absolute atomic E-state index is 0.0667. The minimum Gasteiger partial charge on any atom is -0.258 e. The average molecular weight is 392 g/mol. The molecule has 0 spiro atoms. The number of benzene rings is 2. The maximum Gasteiger partial charge on any atom is 0.289 e. The van der Waals surface area contributed by atoms with Crippen molar-refractivity contribution >= 4 is 27.3 Å². The molecule has 2 aromatic carbocycles. The van der Waals surface area contributed by atoms with Crippen LogP contribution >= 0.6 is 11.6 Å². The van der Waals surface area contributed by atoms with E-state index in [9.17, 15) is 18.5 Å². The van der Waals surface area contributed by atoms with Gasteiger partial charge in [0, 0.05) is 24.2 Å². The summed E-state index contributed by atoms with van der Waals surface area (Å²) in [5.41, 5.74) is 0.389. The first-order chi connectivity index (χ1) is 12.3. The first kappa shape index (κ1) is 19.6. The summed E-state index contributed by atoms with van der Waals surface area (Å²) in [6, 6.07) is 11.8. The van der Waals surface area contributed by atoms with Crippen molar-refractivity contribution in [3.8, 4) is 6.07 Å². The predicted molar refractivity (Wildman–Crippen MR) is 97.1 cm³/mol. The van der Waals surface area contributed by atoms with Gasteiger partial charge in [0.1, 0.15) is 0 Å². The van der Waals surface area contributed by atoms with Crippen LogP contribution in [0.5, 0.6) is 0 Å². The Morgan fingerprint density at radius 2 is 2.04 bits per heavy atom. The number of rotatable bonds is 7. The van der Waals surface area contributed by atoms with Gasteiger partial charge in [0.15, 0.2) is 4.90 Å². The molecule has 0 saturated carbocycles. The molecule has 134 valence electrons. The molecular formula is C17H14ClN3O4S. The van der Waals surface area contributed by atoms with Crippen molar-refractivity contribution in [1.82, 2.24) is 4.31 Å². The van der Waals surface area contributed by atoms with Gasteiger partial charge >= 0.3 is 0 Å². The van der Waals surface area contributed by atoms with Gasteiger partial charge in [0.05, 0.1) is 16.6 Å². The molecular weight excluding hydrogens is 378 g/mol. The summed E-state index contributed by atoms with van der Waals surface area (Å²) in [5, 5.41) is 20.3. The SMILES string of the molecule is C=CCN(Cc1cccc(C#N)c1)S(=O)(=O)c1cc(Cl)ccc1[N+](=O)[O-]. The molecule has 0 N–H and O–H groups in total. The highest BCUT2D eigenvalue weighted by atomic mass is 35.5. The fraction of sp³-hybridized carbons (Fsp3) is 0.118. The summed E-state index contributed by atoms with van der Waals surface area (Å²) in [6.07, 6.45) is 1.38. The highest BCUT2D eigenvalue weighted by Gasteiger charge is 2.31. The Balaban J connectivity index is 2.52. The fourth-order valence-electron chi connectivity index (χ4n) is 2.32. The van der Waals surface area contributed by atoms with Crippen LogP contribution in [0.2, 0.25) is 5.02 Å². The number of nitriles is 1. The van der Waals surface area contributed by atoms with Crippen molar-refractivity contribution in [3.63, 3.8) is 0 Å². The number of halogens is 1. The van der Waals surface area contributed by atoms with E-state index in [1.807, 2.05) is 6.07 Å². The number of hydrogen-bond donors (Lipinski definition) is 0. The summed E-state index contributed by atoms with van der Waals surface area (Å²) in [4.78, 5) is 9.96. The van der Waals surface area contributed by atoms with E-state index in [2.05, 4.69) is 6.58 Å². The molecule has 0 fully saturated rings. The largest absolute Gasteiger partial charge is 0.289 e. The lowest BCUT2D eigenvalue weighted by molar-refractivity contribution is -0.387. The second-order valence-corrected chi connectivity index (χ2v) is 7.61. The molecule has 0 amide bonds. The smallest absolute Gasteiger partial charge is 0.258 e. The number of nitrogens with zero attached hydrogens (tertiary/aromatic N) is 3. The average Bonchev–Trinajstić information content (AvgIpc) is 2.61. The van der Waals surface area contributed by atoms with Crippen LogP contribution in [0.4, 0.5) is 5.69 Å². The first-order valence-corrected chi connectivity index (χ1v) is 9.15. The van der Waals surface area contributed by atoms with Crippen LogP contribution in [0.15, 0.2) is 60.0 Å². The van der Waals surface area contributed by atoms with E-state index in [4.69, 9.17) is 16.9 Å². The van der Waals surface area contributed by atoms with Gasteiger partial charge in [0.2, 0.25) is 0 Å². The molecule has 0 unspecified atom stereocenters. The maximum atomic E-state index is 13.0. The lowest BCUT2D eigenvalue weighted by Crippen LogP contribution is -2.31. The van der Waals surface area contributed by atoms with Crippen LogP contribution in [0, 0.1) is 21.4 Å². The van der Waals surface area contributed by atoms with Crippen molar-refractivity contribution in [3.05, 3.63) is 81.4 Å². The molecule has 26 heavy (non-hydrogen) atoms. The molecule has 0 bridgehead atoms. The van der Waals surface area contributed by atoms with Crippen LogP contribution in [-0.4, -0.2) is 24.2 Å². The van der Waals surface area contributed by atoms with E-state index in [0.29, 0.717) is 11.1 Å². The standard InChI is InChI=1S/C17H14ClN3O4S/c1-2-8-20(12-14-5-3-4-13(9-14)11-19)26(24,25)17-10-15(18)6-7-16(17)21(22)23/h2-7,9-10H,1,8,12H2. The van der Waals surface area contributed by atoms with Crippen molar-refractivity contribution in [2.45, 2.75) is 11.4 Å². The summed E-state index contributed by atoms with van der Waals surface area (Å²) >= 11 is 5.85. The topological polar surface area (TPSA) is 104 Å². The highest BCUT2D eigenvalue weighted by molar-refractivity contribution is 7.89. The van der Waals surface area contributed by atoms with Gasteiger partial charge in [-0.3, -0.25) is 10.1 Å². The molecule has 7 nitrogen and oxygen atoms in total. The summed E-state index contributed by atoms with van der Waals surface area (Å²) in [7, 11) is -4.23. The van der Waals surface area contributed by atoms with Gasteiger partial charge in [-0.25, -0.2) is 8.42 Å². The Morgan fingerprint density at radius 1 is 1.31 bits per heavy atom. The molecule has 0 saturated heterocycles. The Hall–Kier alpha value is -2.73. The molecule has 2 rings (SSSR count). The molecule has 0 aromatic heterocycles. The van der Waals surface area contributed by atoms with E-state index in [-0.39, 0.29) is 18.1 Å². The number of hydrogen-bond acceptors (Lipinski definition) is 5. The zero-order valence-corrected chi connectivity index (χ0v) is 15.1. The van der Waals surface area contributed by atoms with Crippen LogP contribution < -0.4 is 0 Å². The van der Waals surface area contributed by atoms with Gasteiger partial charge in [-0.1, -0.05) is 29.8 Å². The second-order valence-electron chi connectivity index (χ2n) is 5.27. The molecule has 0 atom stereocenters. The maximum absolute atomic E-state index is 13.0. The van der Waals surface area contributed by atoms with Crippen molar-refractivity contribution < 1.29 is 13.3 Å². The van der Waals surface area contributed by atoms with Crippen LogP contribution in [0.25, 0.3) is 0 Å². The van der Waals surface area contributed by atoms with Gasteiger partial charge in [-0.05, 0) is 29.8 Å². The molecule has 0 aliphatic heterocycles. The normalized spacial score (nSPS) is 11.1. The zero-order valence-electron chi connectivity index (χ0n) is 13.5. The molecule has 9 heteroatoms. The molecule has 0 aliphatic rings. The van der Waals surface area contributed by atoms with Crippen molar-refractivity contribution in [1.29, 1.82) is 5.26 Å². The Kier molecular flexibility index (Phi) is 6.10. The van der Waals surface area contributed by atoms with Crippen molar-refractivity contribution in [2.75, 3.05) is 6.54 Å². The predicted octanol–water partition coefficient (Wildman–Crippen LogP) is 3.50. The number of sulfonamides is 1. The third kappa shape index (κ3) is 4.26. The van der Waals surface area contributed by atoms with E-state index in [1.54, 1.807) is 24.3 Å². The van der Waals surface area contributed by atoms with Gasteiger partial charge in [0.25, 0.3) is 15.7 Å². The Morgan fingerprint density at radius 3 is 2.65 bits per heavy atom. The molecule has 0 aliphatic carbocycles. The third-order valence-corrected chi connectivity index (χ3v) is 5.56. The fourth-order valence-corrected chi connectivity index (χ4v) is 4.14. The highest BCUT2D eigenvalue weighted by Crippen LogP contribution is 2.30. The van der Waals surface area contributed by atoms with E-state index in [1.165, 1.54) is 12.1 Å². The van der Waals surface area contributed by atoms with Crippen LogP contribution in [0.3, 0.4) is 0 Å². The van der Waals surface area contributed by atoms with E-state index < -0.39 is 25.5 Å². The monoisotopic (exact) mass is 391 g/mol. The minimum atomic E-state index is -4.23. The first-order valence-electron chi connectivity index (χ1n) is 7.33. The number of nitro benzene ring substituents is 1. The van der Waals surface area contributed by atoms with E-state index in [0.717, 1.165) is 16.4 Å². The summed E-state index contributed by atoms with van der Waals surface area (Å²) in [6.45, 7) is 3.40. The Bertz CT molecular complexity index is 999. The summed E-state index contributed by atoms with van der Waals surface area (Å²) < 4.78 is 27.1. The number of nitro groups is 1. The Labute approximate surface area is 155 Å². The lowest BCUT2D eigenvalue weighted by atomic mass is 10.1. The van der Waals surface area contributed by atoms with E-state index >= 15 is 0 Å². The second kappa shape index (κ2) is 8.10. The van der Waals surface area contributed by atoms with Gasteiger partial charge < -0.3 is 0 Å². The third-order valence-electron chi connectivity index (χ3n) is 3.48. The molecule has 2 aromatic rings. The lowest BCUT2D eigenvalue weighted by Gasteiger charge is -2.21. The summed E-state index contributed by atoms with van der Waals surface area (Å²) in [5.74, 6) is 0. The van der Waals surface area contributed by atoms with Crippen molar-refractivity contribution in [2.24, 2.45) is 0 Å². The molecule has 0 radical (unpaired) electrons. The quantitative estimate of drug-likeness (QED) is 0.408. The zero-order chi connectivity index (χ0) is 19.3. The van der Waals surface area contributed by atoms with Gasteiger partial charge in [-0.15, -0.1) is 6.58 Å². The molecule has 0 heterocycles. The van der Waals surface area contributed by atoms with Crippen LogP contribution in [0.1, 0.15) is 11.1 Å².